The maximum atomic E-state index is 11.2. The fourth-order valence-corrected chi connectivity index (χ4v) is 2.06. The van der Waals surface area contributed by atoms with E-state index in [-0.39, 0.29) is 5.69 Å². The number of nitrogens with zero attached hydrogens (tertiary/aromatic N) is 4. The second-order valence-electron chi connectivity index (χ2n) is 4.69. The highest BCUT2D eigenvalue weighted by molar-refractivity contribution is 5.66. The fourth-order valence-electron chi connectivity index (χ4n) is 2.06. The van der Waals surface area contributed by atoms with Crippen LogP contribution in [-0.4, -0.2) is 26.0 Å². The average molecular weight is 289 g/mol. The molecule has 0 aliphatic rings. The van der Waals surface area contributed by atoms with Gasteiger partial charge in [0.2, 0.25) is 0 Å². The summed E-state index contributed by atoms with van der Waals surface area (Å²) < 4.78 is 1.89. The maximum absolute atomic E-state index is 11.2. The summed E-state index contributed by atoms with van der Waals surface area (Å²) in [4.78, 5) is 19.4. The summed E-state index contributed by atoms with van der Waals surface area (Å²) >= 11 is 0. The lowest BCUT2D eigenvalue weighted by atomic mass is 10.2. The fraction of sp³-hybridized carbons (Fsp3) is 0.429. The van der Waals surface area contributed by atoms with Crippen LogP contribution in [-0.2, 0) is 6.54 Å². The van der Waals surface area contributed by atoms with Gasteiger partial charge < -0.3 is 9.88 Å². The summed E-state index contributed by atoms with van der Waals surface area (Å²) in [6.07, 6.45) is 5.34. The predicted octanol–water partition coefficient (Wildman–Crippen LogP) is 3.09. The number of hydrogen-bond acceptors (Lipinski definition) is 5. The van der Waals surface area contributed by atoms with Gasteiger partial charge in [-0.05, 0) is 18.9 Å². The van der Waals surface area contributed by atoms with Crippen LogP contribution >= 0.6 is 0 Å². The molecule has 2 rings (SSSR count). The van der Waals surface area contributed by atoms with Crippen LogP contribution in [0.15, 0.2) is 24.5 Å². The minimum Gasteiger partial charge on any atom is -0.370 e. The van der Waals surface area contributed by atoms with E-state index in [0.717, 1.165) is 25.9 Å². The van der Waals surface area contributed by atoms with Gasteiger partial charge in [-0.1, -0.05) is 13.8 Å². The lowest BCUT2D eigenvalue weighted by Crippen LogP contribution is -2.06. The van der Waals surface area contributed by atoms with Gasteiger partial charge in [0, 0.05) is 31.5 Å². The number of pyridine rings is 1. The minimum atomic E-state index is -0.420. The second kappa shape index (κ2) is 6.83. The van der Waals surface area contributed by atoms with Crippen molar-refractivity contribution in [1.29, 1.82) is 0 Å². The normalized spacial score (nSPS) is 10.6. The third kappa shape index (κ3) is 3.36. The molecule has 0 aliphatic heterocycles. The molecule has 112 valence electrons. The Balaban J connectivity index is 2.47. The van der Waals surface area contributed by atoms with Crippen molar-refractivity contribution in [2.24, 2.45) is 0 Å². The number of rotatable bonds is 7. The van der Waals surface area contributed by atoms with Crippen LogP contribution in [0, 0.1) is 10.1 Å². The maximum Gasteiger partial charge on any atom is 0.298 e. The van der Waals surface area contributed by atoms with Gasteiger partial charge in [-0.2, -0.15) is 0 Å². The molecule has 0 bridgehead atoms. The Morgan fingerprint density at radius 2 is 2.14 bits per heavy atom. The van der Waals surface area contributed by atoms with Gasteiger partial charge in [0.15, 0.2) is 11.5 Å². The van der Waals surface area contributed by atoms with Gasteiger partial charge in [-0.25, -0.2) is 9.97 Å². The Morgan fingerprint density at radius 1 is 1.33 bits per heavy atom. The quantitative estimate of drug-likeness (QED) is 0.625. The number of aryl methyl sites for hydroxylation is 1. The molecule has 2 aromatic rings. The number of anilines is 1. The van der Waals surface area contributed by atoms with Crippen molar-refractivity contribution in [1.82, 2.24) is 14.5 Å². The van der Waals surface area contributed by atoms with Crippen LogP contribution < -0.4 is 5.32 Å². The number of imidazole rings is 1. The highest BCUT2D eigenvalue weighted by Crippen LogP contribution is 2.28. The zero-order valence-corrected chi connectivity index (χ0v) is 12.2. The van der Waals surface area contributed by atoms with Crippen LogP contribution in [0.4, 0.5) is 11.5 Å². The van der Waals surface area contributed by atoms with E-state index in [0.29, 0.717) is 17.3 Å². The summed E-state index contributed by atoms with van der Waals surface area (Å²) in [5.41, 5.74) is 0.278. The highest BCUT2D eigenvalue weighted by atomic mass is 16.6. The van der Waals surface area contributed by atoms with Crippen molar-refractivity contribution in [2.45, 2.75) is 33.2 Å². The van der Waals surface area contributed by atoms with E-state index < -0.39 is 4.92 Å². The Kier molecular flexibility index (Phi) is 4.86. The SMILES string of the molecule is CCCNc1ccc([N+](=O)[O-])c(-c2nccn2CCC)n1. The Morgan fingerprint density at radius 3 is 2.81 bits per heavy atom. The largest absolute Gasteiger partial charge is 0.370 e. The molecule has 2 heterocycles. The van der Waals surface area contributed by atoms with E-state index >= 15 is 0 Å². The van der Waals surface area contributed by atoms with Gasteiger partial charge in [-0.3, -0.25) is 10.1 Å². The van der Waals surface area contributed by atoms with Gasteiger partial charge in [0.1, 0.15) is 5.82 Å². The van der Waals surface area contributed by atoms with E-state index in [2.05, 4.69) is 15.3 Å². The van der Waals surface area contributed by atoms with Gasteiger partial charge in [0.25, 0.3) is 5.69 Å². The molecule has 0 spiro atoms. The zero-order chi connectivity index (χ0) is 15.2. The molecule has 0 aliphatic carbocycles. The van der Waals surface area contributed by atoms with E-state index in [1.54, 1.807) is 12.3 Å². The monoisotopic (exact) mass is 289 g/mol. The first-order valence-electron chi connectivity index (χ1n) is 7.08. The minimum absolute atomic E-state index is 0.0272. The van der Waals surface area contributed by atoms with Crippen LogP contribution in [0.5, 0.6) is 0 Å². The molecule has 0 amide bonds. The number of nitro groups is 1. The van der Waals surface area contributed by atoms with Crippen LogP contribution in [0.2, 0.25) is 0 Å². The molecule has 0 saturated carbocycles. The van der Waals surface area contributed by atoms with Crippen LogP contribution in [0.3, 0.4) is 0 Å². The molecule has 21 heavy (non-hydrogen) atoms. The molecule has 7 nitrogen and oxygen atoms in total. The highest BCUT2D eigenvalue weighted by Gasteiger charge is 2.21. The number of aromatic nitrogens is 3. The molecule has 0 atom stereocenters. The van der Waals surface area contributed by atoms with Gasteiger partial charge >= 0.3 is 0 Å². The molecular formula is C14H19N5O2. The predicted molar refractivity (Wildman–Crippen MR) is 81.2 cm³/mol. The molecule has 0 fully saturated rings. The lowest BCUT2D eigenvalue weighted by molar-refractivity contribution is -0.384. The van der Waals surface area contributed by atoms with Crippen molar-refractivity contribution in [3.8, 4) is 11.5 Å². The van der Waals surface area contributed by atoms with Crippen molar-refractivity contribution in [2.75, 3.05) is 11.9 Å². The second-order valence-corrected chi connectivity index (χ2v) is 4.69. The van der Waals surface area contributed by atoms with E-state index in [1.165, 1.54) is 6.07 Å². The smallest absolute Gasteiger partial charge is 0.298 e. The first-order valence-corrected chi connectivity index (χ1v) is 7.08. The molecule has 0 radical (unpaired) electrons. The molecule has 7 heteroatoms. The standard InChI is InChI=1S/C14H19N5O2/c1-3-7-15-12-6-5-11(19(20)21)13(17-12)14-16-8-10-18(14)9-4-2/h5-6,8,10H,3-4,7,9H2,1-2H3,(H,15,17). The van der Waals surface area contributed by atoms with E-state index in [9.17, 15) is 10.1 Å². The topological polar surface area (TPSA) is 85.9 Å². The first-order chi connectivity index (χ1) is 10.2. The summed E-state index contributed by atoms with van der Waals surface area (Å²) in [7, 11) is 0. The summed E-state index contributed by atoms with van der Waals surface area (Å²) in [5.74, 6) is 1.16. The Labute approximate surface area is 123 Å². The molecule has 0 saturated heterocycles. The Hall–Kier alpha value is -2.44. The number of hydrogen-bond donors (Lipinski definition) is 1. The molecular weight excluding hydrogens is 270 g/mol. The van der Waals surface area contributed by atoms with Gasteiger partial charge in [-0.15, -0.1) is 0 Å². The molecule has 1 N–H and O–H groups in total. The van der Waals surface area contributed by atoms with Crippen LogP contribution in [0.25, 0.3) is 11.5 Å². The van der Waals surface area contributed by atoms with Crippen molar-refractivity contribution in [3.05, 3.63) is 34.6 Å². The zero-order valence-electron chi connectivity index (χ0n) is 12.2. The molecule has 0 aromatic carbocycles. The third-order valence-electron chi connectivity index (χ3n) is 3.02. The summed E-state index contributed by atoms with van der Waals surface area (Å²) in [5, 5.41) is 14.4. The summed E-state index contributed by atoms with van der Waals surface area (Å²) in [6.45, 7) is 5.62. The van der Waals surface area contributed by atoms with Crippen molar-refractivity contribution < 1.29 is 4.92 Å². The van der Waals surface area contributed by atoms with Crippen molar-refractivity contribution in [3.63, 3.8) is 0 Å². The molecule has 0 unspecified atom stereocenters. The lowest BCUT2D eigenvalue weighted by Gasteiger charge is -2.09. The molecule has 2 aromatic heterocycles. The number of nitrogens with one attached hydrogen (secondary N) is 1. The van der Waals surface area contributed by atoms with Gasteiger partial charge in [0.05, 0.1) is 4.92 Å². The Bertz CT molecular complexity index is 624. The van der Waals surface area contributed by atoms with E-state index in [1.807, 2.05) is 24.6 Å². The van der Waals surface area contributed by atoms with Crippen molar-refractivity contribution >= 4 is 11.5 Å². The third-order valence-corrected chi connectivity index (χ3v) is 3.02. The average Bonchev–Trinajstić information content (AvgIpc) is 2.93. The summed E-state index contributed by atoms with van der Waals surface area (Å²) in [6, 6.07) is 3.11. The first kappa shape index (κ1) is 15.0. The van der Waals surface area contributed by atoms with E-state index in [4.69, 9.17) is 0 Å². The van der Waals surface area contributed by atoms with Crippen LogP contribution in [0.1, 0.15) is 26.7 Å².